The van der Waals surface area contributed by atoms with Gasteiger partial charge in [0.05, 0.1) is 18.0 Å². The number of nitrogens with zero attached hydrogens (tertiary/aromatic N) is 3. The van der Waals surface area contributed by atoms with E-state index >= 15 is 0 Å². The summed E-state index contributed by atoms with van der Waals surface area (Å²) in [6.45, 7) is 2.53. The van der Waals surface area contributed by atoms with E-state index in [1.165, 1.54) is 11.8 Å². The van der Waals surface area contributed by atoms with Crippen molar-refractivity contribution in [2.75, 3.05) is 17.7 Å². The van der Waals surface area contributed by atoms with Crippen molar-refractivity contribution < 1.29 is 9.53 Å². The molecule has 0 atom stereocenters. The van der Waals surface area contributed by atoms with Crippen LogP contribution in [0.25, 0.3) is 5.69 Å². The van der Waals surface area contributed by atoms with Crippen molar-refractivity contribution in [3.05, 3.63) is 59.9 Å². The third-order valence-corrected chi connectivity index (χ3v) is 4.56. The van der Waals surface area contributed by atoms with E-state index in [4.69, 9.17) is 16.3 Å². The first-order valence-corrected chi connectivity index (χ1v) is 9.33. The van der Waals surface area contributed by atoms with Gasteiger partial charge in [-0.2, -0.15) is 0 Å². The molecule has 0 radical (unpaired) electrons. The van der Waals surface area contributed by atoms with Gasteiger partial charge >= 0.3 is 0 Å². The third-order valence-electron chi connectivity index (χ3n) is 3.38. The summed E-state index contributed by atoms with van der Waals surface area (Å²) in [5.41, 5.74) is 1.56. The van der Waals surface area contributed by atoms with Crippen LogP contribution >= 0.6 is 23.4 Å². The number of ether oxygens (including phenoxy) is 1. The van der Waals surface area contributed by atoms with E-state index in [-0.39, 0.29) is 11.7 Å². The molecule has 134 valence electrons. The maximum absolute atomic E-state index is 12.2. The summed E-state index contributed by atoms with van der Waals surface area (Å²) in [5, 5.41) is 12.1. The number of anilines is 1. The van der Waals surface area contributed by atoms with Gasteiger partial charge in [-0.3, -0.25) is 9.36 Å². The lowest BCUT2D eigenvalue weighted by atomic mass is 10.3. The Labute approximate surface area is 160 Å². The lowest BCUT2D eigenvalue weighted by Gasteiger charge is -2.08. The van der Waals surface area contributed by atoms with Crippen LogP contribution in [-0.4, -0.2) is 33.0 Å². The lowest BCUT2D eigenvalue weighted by Crippen LogP contribution is -2.14. The summed E-state index contributed by atoms with van der Waals surface area (Å²) in [7, 11) is 0. The molecule has 0 fully saturated rings. The second-order valence-corrected chi connectivity index (χ2v) is 6.64. The fourth-order valence-electron chi connectivity index (χ4n) is 2.25. The zero-order valence-electron chi connectivity index (χ0n) is 14.1. The number of hydrogen-bond donors (Lipinski definition) is 1. The highest BCUT2D eigenvalue weighted by atomic mass is 35.5. The molecule has 1 N–H and O–H groups in total. The molecule has 0 unspecified atom stereocenters. The van der Waals surface area contributed by atoms with E-state index in [1.54, 1.807) is 17.0 Å². The number of aromatic nitrogens is 3. The van der Waals surface area contributed by atoms with Crippen LogP contribution in [-0.2, 0) is 4.79 Å². The van der Waals surface area contributed by atoms with Gasteiger partial charge in [0.15, 0.2) is 5.16 Å². The van der Waals surface area contributed by atoms with Crippen molar-refractivity contribution in [2.45, 2.75) is 12.1 Å². The number of nitrogens with one attached hydrogen (secondary N) is 1. The minimum absolute atomic E-state index is 0.125. The minimum Gasteiger partial charge on any atom is -0.494 e. The maximum Gasteiger partial charge on any atom is 0.234 e. The fraction of sp³-hybridized carbons (Fsp3) is 0.167. The van der Waals surface area contributed by atoms with E-state index < -0.39 is 0 Å². The first-order valence-electron chi connectivity index (χ1n) is 7.97. The summed E-state index contributed by atoms with van der Waals surface area (Å²) in [6, 6.07) is 14.6. The smallest absolute Gasteiger partial charge is 0.234 e. The summed E-state index contributed by atoms with van der Waals surface area (Å²) in [5.74, 6) is 0.862. The predicted molar refractivity (Wildman–Crippen MR) is 103 cm³/mol. The molecule has 0 aliphatic rings. The van der Waals surface area contributed by atoms with Gasteiger partial charge in [0.2, 0.25) is 5.91 Å². The molecule has 6 nitrogen and oxygen atoms in total. The van der Waals surface area contributed by atoms with E-state index in [2.05, 4.69) is 15.5 Å². The van der Waals surface area contributed by atoms with Crippen LogP contribution < -0.4 is 10.1 Å². The normalized spacial score (nSPS) is 10.5. The van der Waals surface area contributed by atoms with Gasteiger partial charge in [-0.1, -0.05) is 29.4 Å². The highest BCUT2D eigenvalue weighted by Gasteiger charge is 2.11. The number of hydrogen-bond acceptors (Lipinski definition) is 5. The Bertz CT molecular complexity index is 883. The molecule has 1 heterocycles. The van der Waals surface area contributed by atoms with Gasteiger partial charge in [0, 0.05) is 10.7 Å². The van der Waals surface area contributed by atoms with Gasteiger partial charge in [0.25, 0.3) is 0 Å². The van der Waals surface area contributed by atoms with Crippen LogP contribution in [0.1, 0.15) is 6.92 Å². The van der Waals surface area contributed by atoms with Crippen LogP contribution in [0.5, 0.6) is 5.75 Å². The van der Waals surface area contributed by atoms with E-state index in [9.17, 15) is 4.79 Å². The monoisotopic (exact) mass is 388 g/mol. The molecule has 1 aromatic heterocycles. The Balaban J connectivity index is 1.59. The highest BCUT2D eigenvalue weighted by Crippen LogP contribution is 2.22. The number of thioether (sulfide) groups is 1. The summed E-state index contributed by atoms with van der Waals surface area (Å²) < 4.78 is 7.17. The van der Waals surface area contributed by atoms with E-state index in [1.807, 2.05) is 49.4 Å². The average molecular weight is 389 g/mol. The quantitative estimate of drug-likeness (QED) is 0.618. The number of benzene rings is 2. The number of amides is 1. The van der Waals surface area contributed by atoms with Gasteiger partial charge in [-0.25, -0.2) is 0 Å². The molecule has 3 aromatic rings. The van der Waals surface area contributed by atoms with Crippen LogP contribution in [0.15, 0.2) is 60.0 Å². The second-order valence-electron chi connectivity index (χ2n) is 5.26. The Kier molecular flexibility index (Phi) is 6.14. The number of carbonyl (C=O) groups excluding carboxylic acids is 1. The molecule has 1 amide bonds. The van der Waals surface area contributed by atoms with Crippen LogP contribution in [0.4, 0.5) is 5.69 Å². The van der Waals surface area contributed by atoms with Gasteiger partial charge < -0.3 is 10.1 Å². The molecule has 3 rings (SSSR count). The molecule has 8 heteroatoms. The summed E-state index contributed by atoms with van der Waals surface area (Å²) in [6.07, 6.45) is 1.60. The molecule has 26 heavy (non-hydrogen) atoms. The van der Waals surface area contributed by atoms with Crippen molar-refractivity contribution in [3.63, 3.8) is 0 Å². The Morgan fingerprint density at radius 3 is 2.81 bits per heavy atom. The molecule has 0 aliphatic carbocycles. The van der Waals surface area contributed by atoms with E-state index in [0.717, 1.165) is 17.1 Å². The van der Waals surface area contributed by atoms with Crippen molar-refractivity contribution in [3.8, 4) is 11.4 Å². The van der Waals surface area contributed by atoms with Crippen molar-refractivity contribution in [2.24, 2.45) is 0 Å². The lowest BCUT2D eigenvalue weighted by molar-refractivity contribution is -0.113. The largest absolute Gasteiger partial charge is 0.494 e. The van der Waals surface area contributed by atoms with Gasteiger partial charge in [-0.05, 0) is 49.4 Å². The molecule has 2 aromatic carbocycles. The van der Waals surface area contributed by atoms with Crippen molar-refractivity contribution in [1.29, 1.82) is 0 Å². The SMILES string of the molecule is CCOc1ccc(NC(=O)CSc2nncn2-c2cccc(Cl)c2)cc1. The second kappa shape index (κ2) is 8.73. The molecule has 0 bridgehead atoms. The third kappa shape index (κ3) is 4.77. The highest BCUT2D eigenvalue weighted by molar-refractivity contribution is 7.99. The molecule has 0 aliphatic heterocycles. The van der Waals surface area contributed by atoms with Crippen molar-refractivity contribution >= 4 is 35.0 Å². The zero-order chi connectivity index (χ0) is 18.4. The Morgan fingerprint density at radius 1 is 1.27 bits per heavy atom. The van der Waals surface area contributed by atoms with Crippen LogP contribution in [0.2, 0.25) is 5.02 Å². The van der Waals surface area contributed by atoms with E-state index in [0.29, 0.717) is 16.8 Å². The summed E-state index contributed by atoms with van der Waals surface area (Å²) in [4.78, 5) is 12.2. The Morgan fingerprint density at radius 2 is 2.08 bits per heavy atom. The fourth-order valence-corrected chi connectivity index (χ4v) is 3.17. The standard InChI is InChI=1S/C18H17ClN4O2S/c1-2-25-16-8-6-14(7-9-16)21-17(24)11-26-18-22-20-12-23(18)15-5-3-4-13(19)10-15/h3-10,12H,2,11H2,1H3,(H,21,24). The topological polar surface area (TPSA) is 69.0 Å². The first kappa shape index (κ1) is 18.3. The molecule has 0 saturated heterocycles. The van der Waals surface area contributed by atoms with Crippen molar-refractivity contribution in [1.82, 2.24) is 14.8 Å². The number of halogens is 1. The number of rotatable bonds is 7. The molecule has 0 spiro atoms. The van der Waals surface area contributed by atoms with Gasteiger partial charge in [0.1, 0.15) is 12.1 Å². The minimum atomic E-state index is -0.125. The molecule has 0 saturated carbocycles. The Hall–Kier alpha value is -2.51. The van der Waals surface area contributed by atoms with Crippen LogP contribution in [0.3, 0.4) is 0 Å². The predicted octanol–water partition coefficient (Wildman–Crippen LogP) is 4.05. The summed E-state index contributed by atoms with van der Waals surface area (Å²) >= 11 is 7.33. The number of carbonyl (C=O) groups is 1. The zero-order valence-corrected chi connectivity index (χ0v) is 15.6. The average Bonchev–Trinajstić information content (AvgIpc) is 3.10. The van der Waals surface area contributed by atoms with Crippen LogP contribution in [0, 0.1) is 0 Å². The van der Waals surface area contributed by atoms with Gasteiger partial charge in [-0.15, -0.1) is 10.2 Å². The first-order chi connectivity index (χ1) is 12.7. The molecular formula is C18H17ClN4O2S. The molecular weight excluding hydrogens is 372 g/mol. The maximum atomic E-state index is 12.2.